The zero-order valence-corrected chi connectivity index (χ0v) is 45.6. The van der Waals surface area contributed by atoms with Crippen molar-refractivity contribution >= 4 is 17.9 Å². The molecule has 0 bridgehead atoms. The van der Waals surface area contributed by atoms with Gasteiger partial charge < -0.3 is 14.2 Å². The molecule has 0 amide bonds. The molecule has 0 radical (unpaired) electrons. The average molecular weight is 956 g/mol. The Hall–Kier alpha value is -2.37. The first-order valence-corrected chi connectivity index (χ1v) is 30.0. The van der Waals surface area contributed by atoms with Gasteiger partial charge in [-0.1, -0.05) is 282 Å². The number of allylic oxidation sites excluding steroid dienone is 6. The van der Waals surface area contributed by atoms with Gasteiger partial charge in [0.05, 0.1) is 0 Å². The minimum absolute atomic E-state index is 0.0678. The molecule has 0 aromatic carbocycles. The van der Waals surface area contributed by atoms with E-state index in [0.29, 0.717) is 19.3 Å². The third kappa shape index (κ3) is 54.6. The first-order chi connectivity index (χ1) is 33.5. The van der Waals surface area contributed by atoms with Crippen molar-refractivity contribution in [2.24, 2.45) is 0 Å². The van der Waals surface area contributed by atoms with Crippen LogP contribution in [0.3, 0.4) is 0 Å². The van der Waals surface area contributed by atoms with Gasteiger partial charge in [-0.3, -0.25) is 14.4 Å². The predicted molar refractivity (Wildman–Crippen MR) is 293 cm³/mol. The van der Waals surface area contributed by atoms with Gasteiger partial charge in [0, 0.05) is 19.3 Å². The Morgan fingerprint density at radius 3 is 0.824 bits per heavy atom. The molecule has 1 atom stereocenters. The van der Waals surface area contributed by atoms with Gasteiger partial charge in [-0.25, -0.2) is 0 Å². The molecule has 0 rings (SSSR count). The number of hydrogen-bond acceptors (Lipinski definition) is 6. The van der Waals surface area contributed by atoms with Crippen LogP contribution in [0.25, 0.3) is 0 Å². The average Bonchev–Trinajstić information content (AvgIpc) is 3.34. The lowest BCUT2D eigenvalue weighted by Crippen LogP contribution is -2.30. The fraction of sp³-hybridized carbons (Fsp3) is 0.855. The Balaban J connectivity index is 4.12. The summed E-state index contributed by atoms with van der Waals surface area (Å²) >= 11 is 0. The van der Waals surface area contributed by atoms with Crippen molar-refractivity contribution in [1.82, 2.24) is 0 Å². The molecule has 1 unspecified atom stereocenters. The van der Waals surface area contributed by atoms with Gasteiger partial charge in [0.1, 0.15) is 13.2 Å². The lowest BCUT2D eigenvalue weighted by Gasteiger charge is -2.18. The van der Waals surface area contributed by atoms with Crippen LogP contribution >= 0.6 is 0 Å². The van der Waals surface area contributed by atoms with E-state index in [2.05, 4.69) is 57.2 Å². The lowest BCUT2D eigenvalue weighted by molar-refractivity contribution is -0.167. The predicted octanol–water partition coefficient (Wildman–Crippen LogP) is 20.0. The molecule has 6 nitrogen and oxygen atoms in total. The minimum Gasteiger partial charge on any atom is -0.462 e. The summed E-state index contributed by atoms with van der Waals surface area (Å²) in [5, 5.41) is 0. The van der Waals surface area contributed by atoms with Crippen LogP contribution in [-0.2, 0) is 28.6 Å². The summed E-state index contributed by atoms with van der Waals surface area (Å²) in [4.78, 5) is 38.0. The Labute approximate surface area is 423 Å². The molecule has 0 fully saturated rings. The van der Waals surface area contributed by atoms with Gasteiger partial charge >= 0.3 is 17.9 Å². The van der Waals surface area contributed by atoms with E-state index >= 15 is 0 Å². The fourth-order valence-electron chi connectivity index (χ4n) is 8.86. The number of unbranched alkanes of at least 4 members (excludes halogenated alkanes) is 38. The van der Waals surface area contributed by atoms with E-state index in [-0.39, 0.29) is 31.1 Å². The number of carbonyl (C=O) groups is 3. The third-order valence-corrected chi connectivity index (χ3v) is 13.4. The summed E-state index contributed by atoms with van der Waals surface area (Å²) in [7, 11) is 0. The smallest absolute Gasteiger partial charge is 0.306 e. The van der Waals surface area contributed by atoms with Crippen LogP contribution in [0.15, 0.2) is 36.5 Å². The highest BCUT2D eigenvalue weighted by Gasteiger charge is 2.19. The Morgan fingerprint density at radius 1 is 0.294 bits per heavy atom. The molecule has 0 aliphatic rings. The van der Waals surface area contributed by atoms with Crippen molar-refractivity contribution in [2.75, 3.05) is 13.2 Å². The number of esters is 3. The number of carbonyl (C=O) groups excluding carboxylic acids is 3. The molecule has 0 saturated carbocycles. The van der Waals surface area contributed by atoms with E-state index in [4.69, 9.17) is 14.2 Å². The van der Waals surface area contributed by atoms with Crippen LogP contribution in [0.5, 0.6) is 0 Å². The van der Waals surface area contributed by atoms with Crippen molar-refractivity contribution in [3.8, 4) is 0 Å². The van der Waals surface area contributed by atoms with E-state index in [0.717, 1.165) is 70.6 Å². The molecule has 0 aromatic heterocycles. The van der Waals surface area contributed by atoms with Crippen LogP contribution in [0, 0.1) is 0 Å². The first kappa shape index (κ1) is 65.6. The fourth-order valence-corrected chi connectivity index (χ4v) is 8.86. The zero-order valence-electron chi connectivity index (χ0n) is 45.6. The molecule has 0 saturated heterocycles. The molecular weight excluding hydrogens is 841 g/mol. The standard InChI is InChI=1S/C62H114O6/c1-4-7-10-13-16-19-21-23-25-26-27-28-29-30-31-32-33-34-35-36-38-39-41-43-46-49-52-55-61(64)67-58-59(57-66-60(63)54-51-48-45-18-15-12-9-6-3)68-62(65)56-53-50-47-44-42-40-37-24-22-20-17-14-11-8-5-2/h21,23,26-27,29-30,59H,4-20,22,24-25,28,31-58H2,1-3H3/b23-21-,27-26-,30-29-. The van der Waals surface area contributed by atoms with E-state index in [1.165, 1.54) is 212 Å². The Morgan fingerprint density at radius 2 is 0.529 bits per heavy atom. The summed E-state index contributed by atoms with van der Waals surface area (Å²) in [6, 6.07) is 0. The topological polar surface area (TPSA) is 78.9 Å². The van der Waals surface area contributed by atoms with Crippen LogP contribution in [0.2, 0.25) is 0 Å². The second kappa shape index (κ2) is 57.2. The number of ether oxygens (including phenoxy) is 3. The van der Waals surface area contributed by atoms with Gasteiger partial charge in [0.25, 0.3) is 0 Å². The van der Waals surface area contributed by atoms with Gasteiger partial charge in [0.2, 0.25) is 0 Å². The van der Waals surface area contributed by atoms with Gasteiger partial charge in [-0.2, -0.15) is 0 Å². The van der Waals surface area contributed by atoms with Crippen molar-refractivity contribution in [3.05, 3.63) is 36.5 Å². The van der Waals surface area contributed by atoms with Crippen molar-refractivity contribution in [2.45, 2.75) is 329 Å². The highest BCUT2D eigenvalue weighted by Crippen LogP contribution is 2.17. The molecule has 68 heavy (non-hydrogen) atoms. The summed E-state index contributed by atoms with van der Waals surface area (Å²) in [5.74, 6) is -0.856. The summed E-state index contributed by atoms with van der Waals surface area (Å²) in [6.45, 7) is 6.64. The van der Waals surface area contributed by atoms with E-state index in [9.17, 15) is 14.4 Å². The second-order valence-electron chi connectivity index (χ2n) is 20.3. The number of rotatable bonds is 55. The largest absolute Gasteiger partial charge is 0.462 e. The maximum absolute atomic E-state index is 12.8. The normalized spacial score (nSPS) is 12.2. The summed E-state index contributed by atoms with van der Waals surface area (Å²) in [6.07, 6.45) is 68.7. The van der Waals surface area contributed by atoms with Crippen LogP contribution in [0.4, 0.5) is 0 Å². The maximum atomic E-state index is 12.8. The van der Waals surface area contributed by atoms with Crippen LogP contribution < -0.4 is 0 Å². The van der Waals surface area contributed by atoms with Crippen molar-refractivity contribution in [1.29, 1.82) is 0 Å². The molecule has 0 spiro atoms. The summed E-state index contributed by atoms with van der Waals surface area (Å²) < 4.78 is 16.8. The van der Waals surface area contributed by atoms with Crippen molar-refractivity contribution < 1.29 is 28.6 Å². The molecule has 0 aliphatic heterocycles. The molecule has 0 aromatic rings. The summed E-state index contributed by atoms with van der Waals surface area (Å²) in [5.41, 5.74) is 0. The van der Waals surface area contributed by atoms with Gasteiger partial charge in [-0.15, -0.1) is 0 Å². The van der Waals surface area contributed by atoms with E-state index < -0.39 is 6.10 Å². The minimum atomic E-state index is -0.766. The molecule has 0 heterocycles. The Bertz CT molecular complexity index is 1140. The molecule has 6 heteroatoms. The van der Waals surface area contributed by atoms with Crippen LogP contribution in [-0.4, -0.2) is 37.2 Å². The lowest BCUT2D eigenvalue weighted by atomic mass is 10.0. The van der Waals surface area contributed by atoms with Gasteiger partial charge in [0.15, 0.2) is 6.10 Å². The Kier molecular flexibility index (Phi) is 55.2. The van der Waals surface area contributed by atoms with E-state index in [1.807, 2.05) is 0 Å². The highest BCUT2D eigenvalue weighted by molar-refractivity contribution is 5.71. The molecule has 0 N–H and O–H groups in total. The van der Waals surface area contributed by atoms with Crippen molar-refractivity contribution in [3.63, 3.8) is 0 Å². The molecule has 398 valence electrons. The zero-order chi connectivity index (χ0) is 49.3. The maximum Gasteiger partial charge on any atom is 0.306 e. The number of hydrogen-bond donors (Lipinski definition) is 0. The first-order valence-electron chi connectivity index (χ1n) is 30.0. The SMILES string of the molecule is CCCCCCC/C=C\C/C=C\C/C=C\CCCCCCCCCCCCCCC(=O)OCC(COC(=O)CCCCCCCCCC)OC(=O)CCCCCCCCCCCCCCCCC. The highest BCUT2D eigenvalue weighted by atomic mass is 16.6. The third-order valence-electron chi connectivity index (χ3n) is 13.4. The van der Waals surface area contributed by atoms with E-state index in [1.54, 1.807) is 0 Å². The second-order valence-corrected chi connectivity index (χ2v) is 20.3. The monoisotopic (exact) mass is 955 g/mol. The molecule has 0 aliphatic carbocycles. The van der Waals surface area contributed by atoms with Gasteiger partial charge in [-0.05, 0) is 57.8 Å². The molecular formula is C62H114O6. The van der Waals surface area contributed by atoms with Crippen LogP contribution in [0.1, 0.15) is 323 Å². The quantitative estimate of drug-likeness (QED) is 0.0262.